The first kappa shape index (κ1) is 32.8. The van der Waals surface area contributed by atoms with Gasteiger partial charge in [-0.3, -0.25) is 0 Å². The molecule has 0 saturated heterocycles. The molecule has 1 aliphatic heterocycles. The molecule has 2 aliphatic carbocycles. The van der Waals surface area contributed by atoms with Crippen molar-refractivity contribution in [3.8, 4) is 61.9 Å². The maximum absolute atomic E-state index is 7.23. The lowest BCUT2D eigenvalue weighted by atomic mass is 9.62. The van der Waals surface area contributed by atoms with Crippen LogP contribution >= 0.6 is 0 Å². The monoisotopic (exact) mass is 740 g/mol. The van der Waals surface area contributed by atoms with E-state index in [1.807, 2.05) is 6.07 Å². The van der Waals surface area contributed by atoms with Gasteiger partial charge in [0.15, 0.2) is 5.82 Å². The average Bonchev–Trinajstić information content (AvgIpc) is 3.59. The summed E-state index contributed by atoms with van der Waals surface area (Å²) in [6, 6.07) is 65.4. The van der Waals surface area contributed by atoms with Crippen molar-refractivity contribution in [2.24, 2.45) is 0 Å². The predicted octanol–water partition coefficient (Wildman–Crippen LogP) is 13.4. The fourth-order valence-corrected chi connectivity index (χ4v) is 9.95. The molecule has 8 aromatic carbocycles. The normalized spacial score (nSPS) is 15.7. The van der Waals surface area contributed by atoms with Crippen molar-refractivity contribution in [1.29, 1.82) is 0 Å². The Balaban J connectivity index is 1.07. The summed E-state index contributed by atoms with van der Waals surface area (Å²) >= 11 is 0. The zero-order valence-corrected chi connectivity index (χ0v) is 31.6. The molecule has 3 nitrogen and oxygen atoms in total. The van der Waals surface area contributed by atoms with Crippen molar-refractivity contribution < 1.29 is 4.74 Å². The van der Waals surface area contributed by atoms with E-state index in [0.717, 1.165) is 51.4 Å². The predicted molar refractivity (Wildman–Crippen MR) is 237 cm³/mol. The van der Waals surface area contributed by atoms with Gasteiger partial charge in [0.1, 0.15) is 11.9 Å². The molecule has 1 spiro atoms. The standard InChI is InChI=1S/C55H36N2O/c1-2-16-36(17-3-1)50-34-51(38-31-32-40-37(33-38)30-29-35-15-4-5-18-39(35)40)57-54(56-50)45-22-7-6-19-41(45)44-23-14-27-49-53(44)58-52-28-13-12-26-48(52)55(49)46-24-10-8-20-42(46)43-21-9-11-25-47(43)55/h1-27,29-34,52H,28H2. The van der Waals surface area contributed by atoms with E-state index in [0.29, 0.717) is 5.82 Å². The number of benzene rings is 8. The molecule has 0 N–H and O–H groups in total. The SMILES string of the molecule is C1=CCC2Oc3c(-c4ccccc4-c4nc(-c5ccccc5)cc(-c5ccc6c(ccc7ccccc76)c5)n4)cccc3C3(C2=C1)c1ccccc1-c1ccccc13. The van der Waals surface area contributed by atoms with E-state index >= 15 is 0 Å². The summed E-state index contributed by atoms with van der Waals surface area (Å²) in [7, 11) is 0. The van der Waals surface area contributed by atoms with E-state index in [-0.39, 0.29) is 6.10 Å². The Kier molecular flexibility index (Phi) is 7.27. The molecule has 0 saturated carbocycles. The Hall–Kier alpha value is -7.36. The first-order valence-electron chi connectivity index (χ1n) is 20.1. The van der Waals surface area contributed by atoms with E-state index in [9.17, 15) is 0 Å². The maximum Gasteiger partial charge on any atom is 0.161 e. The minimum atomic E-state index is -0.487. The molecule has 0 amide bonds. The van der Waals surface area contributed by atoms with Gasteiger partial charge in [-0.1, -0.05) is 188 Å². The molecule has 1 unspecified atom stereocenters. The summed E-state index contributed by atoms with van der Waals surface area (Å²) in [5, 5.41) is 4.90. The second-order valence-corrected chi connectivity index (χ2v) is 15.5. The molecule has 58 heavy (non-hydrogen) atoms. The number of aromatic nitrogens is 2. The van der Waals surface area contributed by atoms with E-state index in [4.69, 9.17) is 14.7 Å². The largest absolute Gasteiger partial charge is 0.485 e. The van der Waals surface area contributed by atoms with Crippen molar-refractivity contribution in [1.82, 2.24) is 9.97 Å². The molecule has 0 bridgehead atoms. The van der Waals surface area contributed by atoms with Gasteiger partial charge < -0.3 is 4.74 Å². The van der Waals surface area contributed by atoms with Crippen molar-refractivity contribution in [2.45, 2.75) is 17.9 Å². The zero-order chi connectivity index (χ0) is 38.2. The van der Waals surface area contributed by atoms with Gasteiger partial charge in [-0.2, -0.15) is 0 Å². The third kappa shape index (κ3) is 4.80. The summed E-state index contributed by atoms with van der Waals surface area (Å²) < 4.78 is 7.23. The molecule has 0 radical (unpaired) electrons. The van der Waals surface area contributed by atoms with Crippen LogP contribution in [0.3, 0.4) is 0 Å². The number of rotatable bonds is 4. The molecular weight excluding hydrogens is 705 g/mol. The number of hydrogen-bond donors (Lipinski definition) is 0. The molecule has 1 atom stereocenters. The van der Waals surface area contributed by atoms with Crippen molar-refractivity contribution in [3.05, 3.63) is 222 Å². The number of allylic oxidation sites excluding steroid dienone is 2. The van der Waals surface area contributed by atoms with Crippen LogP contribution in [0.4, 0.5) is 0 Å². The lowest BCUT2D eigenvalue weighted by Gasteiger charge is -2.45. The Morgan fingerprint density at radius 3 is 1.90 bits per heavy atom. The number of fused-ring (bicyclic) bond motifs is 12. The van der Waals surface area contributed by atoms with Crippen LogP contribution in [0.1, 0.15) is 23.1 Å². The van der Waals surface area contributed by atoms with Crippen LogP contribution in [-0.4, -0.2) is 16.1 Å². The third-order valence-corrected chi connectivity index (χ3v) is 12.5. The first-order valence-corrected chi connectivity index (χ1v) is 20.1. The van der Waals surface area contributed by atoms with Crippen molar-refractivity contribution in [2.75, 3.05) is 0 Å². The number of nitrogens with zero attached hydrogens (tertiary/aromatic N) is 2. The quantitative estimate of drug-likeness (QED) is 0.169. The van der Waals surface area contributed by atoms with Crippen LogP contribution in [0, 0.1) is 0 Å². The Morgan fingerprint density at radius 2 is 1.09 bits per heavy atom. The fourth-order valence-electron chi connectivity index (χ4n) is 9.95. The fraction of sp³-hybridized carbons (Fsp3) is 0.0545. The van der Waals surface area contributed by atoms with Crippen LogP contribution in [0.2, 0.25) is 0 Å². The van der Waals surface area contributed by atoms with E-state index in [1.165, 1.54) is 54.9 Å². The molecule has 272 valence electrons. The van der Waals surface area contributed by atoms with E-state index in [2.05, 4.69) is 194 Å². The van der Waals surface area contributed by atoms with Crippen LogP contribution in [0.15, 0.2) is 206 Å². The van der Waals surface area contributed by atoms with Gasteiger partial charge in [-0.05, 0) is 67.1 Å². The Labute approximate surface area is 337 Å². The minimum Gasteiger partial charge on any atom is -0.485 e. The van der Waals surface area contributed by atoms with Crippen LogP contribution in [0.25, 0.3) is 77.7 Å². The third-order valence-electron chi connectivity index (χ3n) is 12.5. The van der Waals surface area contributed by atoms with Gasteiger partial charge in [0, 0.05) is 34.2 Å². The maximum atomic E-state index is 7.23. The highest BCUT2D eigenvalue weighted by Gasteiger charge is 2.54. The van der Waals surface area contributed by atoms with Gasteiger partial charge in [0.25, 0.3) is 0 Å². The molecule has 3 aliphatic rings. The Morgan fingerprint density at radius 1 is 0.466 bits per heavy atom. The summed E-state index contributed by atoms with van der Waals surface area (Å²) in [6.45, 7) is 0. The van der Waals surface area contributed by atoms with Crippen molar-refractivity contribution in [3.63, 3.8) is 0 Å². The average molecular weight is 741 g/mol. The summed E-state index contributed by atoms with van der Waals surface area (Å²) in [5.41, 5.74) is 14.0. The summed E-state index contributed by atoms with van der Waals surface area (Å²) in [5.74, 6) is 1.59. The van der Waals surface area contributed by atoms with Crippen molar-refractivity contribution >= 4 is 21.5 Å². The molecule has 0 fully saturated rings. The second kappa shape index (κ2) is 12.8. The zero-order valence-electron chi connectivity index (χ0n) is 31.6. The van der Waals surface area contributed by atoms with E-state index in [1.54, 1.807) is 0 Å². The highest BCUT2D eigenvalue weighted by molar-refractivity contribution is 6.08. The molecular formula is C55H36N2O. The molecule has 2 heterocycles. The highest BCUT2D eigenvalue weighted by atomic mass is 16.5. The van der Waals surface area contributed by atoms with Gasteiger partial charge >= 0.3 is 0 Å². The van der Waals surface area contributed by atoms with Gasteiger partial charge in [-0.15, -0.1) is 0 Å². The minimum absolute atomic E-state index is 0.112. The number of hydrogen-bond acceptors (Lipinski definition) is 3. The smallest absolute Gasteiger partial charge is 0.161 e. The molecule has 3 heteroatoms. The van der Waals surface area contributed by atoms with Crippen LogP contribution in [-0.2, 0) is 5.41 Å². The lowest BCUT2D eigenvalue weighted by molar-refractivity contribution is 0.206. The molecule has 9 aromatic rings. The van der Waals surface area contributed by atoms with Crippen LogP contribution < -0.4 is 4.74 Å². The van der Waals surface area contributed by atoms with E-state index < -0.39 is 5.41 Å². The Bertz CT molecular complexity index is 3150. The highest BCUT2D eigenvalue weighted by Crippen LogP contribution is 2.62. The second-order valence-electron chi connectivity index (χ2n) is 15.5. The summed E-state index contributed by atoms with van der Waals surface area (Å²) in [6.07, 6.45) is 7.43. The number of para-hydroxylation sites is 1. The van der Waals surface area contributed by atoms with Crippen LogP contribution in [0.5, 0.6) is 5.75 Å². The number of ether oxygens (including phenoxy) is 1. The first-order chi connectivity index (χ1) is 28.8. The summed E-state index contributed by atoms with van der Waals surface area (Å²) in [4.78, 5) is 10.7. The van der Waals surface area contributed by atoms with Gasteiger partial charge in [0.05, 0.1) is 16.8 Å². The molecule has 1 aromatic heterocycles. The molecule has 12 rings (SSSR count). The van der Waals surface area contributed by atoms with Gasteiger partial charge in [0.2, 0.25) is 0 Å². The lowest BCUT2D eigenvalue weighted by Crippen LogP contribution is -2.42. The topological polar surface area (TPSA) is 35.0 Å². The van der Waals surface area contributed by atoms with Gasteiger partial charge in [-0.25, -0.2) is 9.97 Å².